The molecule has 0 aromatic heterocycles. The van der Waals surface area contributed by atoms with Gasteiger partial charge in [0.15, 0.2) is 0 Å². The first-order chi connectivity index (χ1) is 2.64. The van der Waals surface area contributed by atoms with E-state index in [4.69, 9.17) is 10.8 Å². The fourth-order valence-electron chi connectivity index (χ4n) is 0. The predicted molar refractivity (Wildman–Crippen MR) is 21.3 cm³/mol. The fraction of sp³-hybridized carbons (Fsp3) is 0.667. The van der Waals surface area contributed by atoms with E-state index >= 15 is 0 Å². The maximum absolute atomic E-state index is 9.57. The van der Waals surface area contributed by atoms with E-state index in [0.29, 0.717) is 0 Å². The molecule has 51 valence electrons. The van der Waals surface area contributed by atoms with Crippen molar-refractivity contribution in [1.29, 1.82) is 0 Å². The number of nitrogens with two attached hydrogens (primary N) is 1. The SMILES string of the molecule is CC(N)C(=O)O.[Fe+3].[Fe+3].[Fe+3]. The molecular weight excluding hydrogens is 250 g/mol. The van der Waals surface area contributed by atoms with Crippen LogP contribution in [-0.2, 0) is 56.0 Å². The Labute approximate surface area is 85.6 Å². The van der Waals surface area contributed by atoms with Crippen LogP contribution in [-0.4, -0.2) is 17.1 Å². The van der Waals surface area contributed by atoms with Gasteiger partial charge in [0.2, 0.25) is 0 Å². The zero-order chi connectivity index (χ0) is 5.15. The number of carbonyl (C=O) groups is 1. The second kappa shape index (κ2) is 11.7. The van der Waals surface area contributed by atoms with Gasteiger partial charge in [-0.15, -0.1) is 0 Å². The van der Waals surface area contributed by atoms with E-state index in [2.05, 4.69) is 0 Å². The predicted octanol–water partition coefficient (Wildman–Crippen LogP) is -0.589. The first-order valence-electron chi connectivity index (χ1n) is 1.63. The first-order valence-corrected chi connectivity index (χ1v) is 1.63. The van der Waals surface area contributed by atoms with Gasteiger partial charge in [0.05, 0.1) is 0 Å². The van der Waals surface area contributed by atoms with Gasteiger partial charge in [-0.2, -0.15) is 0 Å². The third-order valence-corrected chi connectivity index (χ3v) is 0.390. The molecule has 0 aromatic carbocycles. The zero-order valence-electron chi connectivity index (χ0n) is 4.57. The summed E-state index contributed by atoms with van der Waals surface area (Å²) in [5, 5.41) is 7.87. The Morgan fingerprint density at radius 1 is 1.44 bits per heavy atom. The molecule has 0 aliphatic carbocycles. The van der Waals surface area contributed by atoms with Crippen LogP contribution < -0.4 is 5.73 Å². The average molecular weight is 257 g/mol. The topological polar surface area (TPSA) is 63.3 Å². The van der Waals surface area contributed by atoms with Crippen molar-refractivity contribution in [3.05, 3.63) is 0 Å². The third kappa shape index (κ3) is 17.6. The van der Waals surface area contributed by atoms with Crippen molar-refractivity contribution in [2.24, 2.45) is 5.73 Å². The van der Waals surface area contributed by atoms with Crippen molar-refractivity contribution in [3.63, 3.8) is 0 Å². The van der Waals surface area contributed by atoms with E-state index in [1.807, 2.05) is 0 Å². The molecule has 0 rings (SSSR count). The van der Waals surface area contributed by atoms with E-state index < -0.39 is 12.0 Å². The van der Waals surface area contributed by atoms with Gasteiger partial charge in [-0.3, -0.25) is 4.79 Å². The molecule has 0 saturated heterocycles. The van der Waals surface area contributed by atoms with Crippen LogP contribution in [0.1, 0.15) is 6.92 Å². The minimum absolute atomic E-state index is 0. The molecule has 1 unspecified atom stereocenters. The van der Waals surface area contributed by atoms with Crippen LogP contribution in [0.15, 0.2) is 0 Å². The standard InChI is InChI=1S/C3H7NO2.3Fe/c1-2(4)3(5)6;;;/h2H,4H2,1H3,(H,5,6);;;/q;3*+3. The minimum atomic E-state index is -0.963. The monoisotopic (exact) mass is 257 g/mol. The molecule has 0 aliphatic heterocycles. The number of carboxylic acid groups (broad SMARTS) is 1. The summed E-state index contributed by atoms with van der Waals surface area (Å²) in [6.07, 6.45) is 0. The summed E-state index contributed by atoms with van der Waals surface area (Å²) >= 11 is 0. The van der Waals surface area contributed by atoms with E-state index in [1.54, 1.807) is 0 Å². The van der Waals surface area contributed by atoms with Crippen LogP contribution in [0.5, 0.6) is 0 Å². The quantitative estimate of drug-likeness (QED) is 0.617. The summed E-state index contributed by atoms with van der Waals surface area (Å²) in [6.45, 7) is 1.42. The molecule has 3 nitrogen and oxygen atoms in total. The van der Waals surface area contributed by atoms with Gasteiger partial charge >= 0.3 is 57.2 Å². The molecule has 0 amide bonds. The number of aliphatic carboxylic acids is 1. The summed E-state index contributed by atoms with van der Waals surface area (Å²) < 4.78 is 0. The molecule has 0 bridgehead atoms. The molecule has 0 aromatic rings. The van der Waals surface area contributed by atoms with E-state index in [1.165, 1.54) is 6.92 Å². The molecule has 0 fully saturated rings. The second-order valence-corrected chi connectivity index (χ2v) is 1.13. The van der Waals surface area contributed by atoms with Gasteiger partial charge in [0.1, 0.15) is 6.04 Å². The van der Waals surface area contributed by atoms with Crippen molar-refractivity contribution in [2.75, 3.05) is 0 Å². The summed E-state index contributed by atoms with van der Waals surface area (Å²) in [7, 11) is 0. The summed E-state index contributed by atoms with van der Waals surface area (Å²) in [6, 6.07) is -0.731. The van der Waals surface area contributed by atoms with Crippen LogP contribution in [0, 0.1) is 0 Å². The molecule has 6 heteroatoms. The Morgan fingerprint density at radius 3 is 1.56 bits per heavy atom. The third-order valence-electron chi connectivity index (χ3n) is 0.390. The molecule has 3 N–H and O–H groups in total. The summed E-state index contributed by atoms with van der Waals surface area (Å²) in [5.74, 6) is -0.963. The van der Waals surface area contributed by atoms with Gasteiger partial charge < -0.3 is 10.8 Å². The van der Waals surface area contributed by atoms with Crippen LogP contribution in [0.3, 0.4) is 0 Å². The van der Waals surface area contributed by atoms with Crippen molar-refractivity contribution in [3.8, 4) is 0 Å². The Balaban J connectivity index is -0.0000000417. The van der Waals surface area contributed by atoms with Crippen molar-refractivity contribution in [2.45, 2.75) is 13.0 Å². The molecule has 3 radical (unpaired) electrons. The summed E-state index contributed by atoms with van der Waals surface area (Å²) in [5.41, 5.74) is 4.84. The van der Waals surface area contributed by atoms with Crippen molar-refractivity contribution < 1.29 is 61.1 Å². The second-order valence-electron chi connectivity index (χ2n) is 1.13. The van der Waals surface area contributed by atoms with Gasteiger partial charge in [-0.1, -0.05) is 0 Å². The summed E-state index contributed by atoms with van der Waals surface area (Å²) in [4.78, 5) is 9.57. The van der Waals surface area contributed by atoms with Gasteiger partial charge in [0.25, 0.3) is 0 Å². The Bertz CT molecular complexity index is 68.1. The smallest absolute Gasteiger partial charge is 0.480 e. The van der Waals surface area contributed by atoms with E-state index in [-0.39, 0.29) is 51.2 Å². The van der Waals surface area contributed by atoms with Crippen LogP contribution >= 0.6 is 0 Å². The molecule has 1 atom stereocenters. The zero-order valence-corrected chi connectivity index (χ0v) is 7.88. The Kier molecular flexibility index (Phi) is 29.4. The van der Waals surface area contributed by atoms with E-state index in [0.717, 1.165) is 0 Å². The van der Waals surface area contributed by atoms with Crippen molar-refractivity contribution >= 4 is 5.97 Å². The molecule has 0 aliphatic rings. The average Bonchev–Trinajstić information content (AvgIpc) is 1.36. The van der Waals surface area contributed by atoms with Gasteiger partial charge in [-0.05, 0) is 6.92 Å². The van der Waals surface area contributed by atoms with Crippen LogP contribution in [0.25, 0.3) is 0 Å². The number of carboxylic acids is 1. The van der Waals surface area contributed by atoms with Gasteiger partial charge in [-0.25, -0.2) is 0 Å². The maximum atomic E-state index is 9.57. The van der Waals surface area contributed by atoms with E-state index in [9.17, 15) is 4.79 Å². The first kappa shape index (κ1) is 22.5. The number of rotatable bonds is 1. The number of hydrogen-bond acceptors (Lipinski definition) is 2. The maximum Gasteiger partial charge on any atom is 3.00 e. The molecule has 0 spiro atoms. The Morgan fingerprint density at radius 2 is 1.56 bits per heavy atom. The number of hydrogen-bond donors (Lipinski definition) is 2. The molecular formula is C3H7Fe3NO2+9. The Hall–Kier alpha value is 0.988. The molecule has 0 saturated carbocycles. The minimum Gasteiger partial charge on any atom is -0.480 e. The van der Waals surface area contributed by atoms with Crippen LogP contribution in [0.4, 0.5) is 0 Å². The normalized spacial score (nSPS) is 9.11. The van der Waals surface area contributed by atoms with Crippen LogP contribution in [0.2, 0.25) is 0 Å². The van der Waals surface area contributed by atoms with Crippen molar-refractivity contribution in [1.82, 2.24) is 0 Å². The fourth-order valence-corrected chi connectivity index (χ4v) is 0. The molecule has 0 heterocycles. The van der Waals surface area contributed by atoms with Gasteiger partial charge in [0, 0.05) is 0 Å². The molecule has 9 heavy (non-hydrogen) atoms. The largest absolute Gasteiger partial charge is 3.00 e.